The minimum Gasteiger partial charge on any atom is -0.288 e. The van der Waals surface area contributed by atoms with Crippen LogP contribution < -0.4 is 5.48 Å². The summed E-state index contributed by atoms with van der Waals surface area (Å²) < 4.78 is 38.8. The predicted molar refractivity (Wildman–Crippen MR) is 84.6 cm³/mol. The number of carbonyl (C=O) groups is 2. The van der Waals surface area contributed by atoms with Crippen molar-refractivity contribution in [3.63, 3.8) is 0 Å². The highest BCUT2D eigenvalue weighted by atomic mass is 19.4. The number of nitrogens with one attached hydrogen (secondary N) is 1. The van der Waals surface area contributed by atoms with Crippen molar-refractivity contribution in [1.82, 2.24) is 15.5 Å². The molecule has 0 unspecified atom stereocenters. The van der Waals surface area contributed by atoms with Gasteiger partial charge in [0.25, 0.3) is 11.8 Å². The van der Waals surface area contributed by atoms with Crippen LogP contribution in [0.2, 0.25) is 0 Å². The number of nitrogens with zero attached hydrogens (tertiary/aromatic N) is 3. The van der Waals surface area contributed by atoms with Crippen LogP contribution in [0.15, 0.2) is 47.7 Å². The number of hydrogen-bond acceptors (Lipinski definition) is 5. The quantitative estimate of drug-likeness (QED) is 0.493. The number of alkyl halides is 3. The van der Waals surface area contributed by atoms with E-state index in [1.54, 1.807) is 0 Å². The van der Waals surface area contributed by atoms with Gasteiger partial charge in [0.15, 0.2) is 5.69 Å². The minimum atomic E-state index is -4.76. The van der Waals surface area contributed by atoms with E-state index in [0.29, 0.717) is 5.56 Å². The van der Waals surface area contributed by atoms with E-state index in [9.17, 15) is 22.8 Å². The van der Waals surface area contributed by atoms with Crippen LogP contribution >= 0.6 is 0 Å². The molecule has 0 fully saturated rings. The number of aromatic nitrogens is 1. The summed E-state index contributed by atoms with van der Waals surface area (Å²) in [5.41, 5.74) is 0.258. The molecule has 0 saturated heterocycles. The van der Waals surface area contributed by atoms with E-state index in [1.807, 2.05) is 0 Å². The van der Waals surface area contributed by atoms with Gasteiger partial charge in [0.1, 0.15) is 0 Å². The van der Waals surface area contributed by atoms with Crippen LogP contribution in [0.1, 0.15) is 32.0 Å². The molecule has 0 aliphatic heterocycles. The third-order valence-electron chi connectivity index (χ3n) is 3.25. The van der Waals surface area contributed by atoms with Gasteiger partial charge >= 0.3 is 6.18 Å². The zero-order chi connectivity index (χ0) is 19.3. The van der Waals surface area contributed by atoms with Gasteiger partial charge in [-0.1, -0.05) is 12.1 Å². The lowest BCUT2D eigenvalue weighted by Crippen LogP contribution is -2.25. The Balaban J connectivity index is 2.17. The zero-order valence-corrected chi connectivity index (χ0v) is 13.4. The third kappa shape index (κ3) is 4.42. The Labute approximate surface area is 145 Å². The van der Waals surface area contributed by atoms with Crippen LogP contribution in [0, 0.1) is 0 Å². The van der Waals surface area contributed by atoms with E-state index in [4.69, 9.17) is 5.21 Å². The van der Waals surface area contributed by atoms with Gasteiger partial charge in [0, 0.05) is 18.8 Å². The molecule has 10 heteroatoms. The Hall–Kier alpha value is -3.27. The highest BCUT2D eigenvalue weighted by Gasteiger charge is 2.37. The number of hydrazone groups is 1. The molecule has 2 rings (SSSR count). The number of hydrogen-bond donors (Lipinski definition) is 2. The monoisotopic (exact) mass is 366 g/mol. The number of amides is 2. The van der Waals surface area contributed by atoms with Crippen molar-refractivity contribution >= 4 is 18.0 Å². The molecular formula is C16H13F3N4O3. The van der Waals surface area contributed by atoms with E-state index in [2.05, 4.69) is 10.1 Å². The molecule has 0 bridgehead atoms. The number of carbonyl (C=O) groups excluding carboxylic acids is 2. The highest BCUT2D eigenvalue weighted by Crippen LogP contribution is 2.30. The lowest BCUT2D eigenvalue weighted by molar-refractivity contribution is -0.141. The fourth-order valence-electron chi connectivity index (χ4n) is 1.97. The molecule has 0 aliphatic rings. The third-order valence-corrected chi connectivity index (χ3v) is 3.25. The van der Waals surface area contributed by atoms with Gasteiger partial charge in [0.2, 0.25) is 0 Å². The molecule has 2 amide bonds. The average molecular weight is 366 g/mol. The largest absolute Gasteiger partial charge is 0.434 e. The Morgan fingerprint density at radius 2 is 1.88 bits per heavy atom. The highest BCUT2D eigenvalue weighted by molar-refractivity contribution is 5.96. The molecule has 0 saturated carbocycles. The van der Waals surface area contributed by atoms with Crippen LogP contribution in [0.25, 0.3) is 0 Å². The van der Waals surface area contributed by atoms with Gasteiger partial charge in [-0.3, -0.25) is 19.8 Å². The maximum absolute atomic E-state index is 12.9. The van der Waals surface area contributed by atoms with E-state index in [0.717, 1.165) is 17.3 Å². The smallest absolute Gasteiger partial charge is 0.288 e. The van der Waals surface area contributed by atoms with Crippen molar-refractivity contribution in [2.75, 3.05) is 7.05 Å². The first kappa shape index (κ1) is 19.1. The van der Waals surface area contributed by atoms with E-state index < -0.39 is 29.2 Å². The first-order valence-electron chi connectivity index (χ1n) is 7.13. The molecule has 2 aromatic rings. The molecule has 0 aliphatic carbocycles. The molecule has 1 heterocycles. The second-order valence-corrected chi connectivity index (χ2v) is 5.03. The first-order chi connectivity index (χ1) is 12.2. The average Bonchev–Trinajstić information content (AvgIpc) is 2.64. The van der Waals surface area contributed by atoms with Crippen LogP contribution in [-0.2, 0) is 6.18 Å². The second-order valence-electron chi connectivity index (χ2n) is 5.03. The fourth-order valence-corrected chi connectivity index (χ4v) is 1.97. The Morgan fingerprint density at radius 1 is 1.23 bits per heavy atom. The summed E-state index contributed by atoms with van der Waals surface area (Å²) in [4.78, 5) is 26.6. The molecule has 2 N–H and O–H groups in total. The molecular weight excluding hydrogens is 353 g/mol. The summed E-state index contributed by atoms with van der Waals surface area (Å²) in [5, 5.41) is 13.1. The van der Waals surface area contributed by atoms with Crippen molar-refractivity contribution in [1.29, 1.82) is 0 Å². The number of halogens is 3. The standard InChI is InChI=1S/C16H13F3N4O3/c1-23(15(25)12-3-2-8-20-13(12)16(17,18)19)21-9-10-4-6-11(7-5-10)14(24)22-26/h2-9,26H,1H3,(H,22,24)/b21-9+. The van der Waals surface area contributed by atoms with Crippen LogP contribution in [0.3, 0.4) is 0 Å². The van der Waals surface area contributed by atoms with Gasteiger partial charge in [-0.15, -0.1) is 0 Å². The van der Waals surface area contributed by atoms with Crippen LogP contribution in [0.5, 0.6) is 0 Å². The van der Waals surface area contributed by atoms with Crippen molar-refractivity contribution in [2.45, 2.75) is 6.18 Å². The molecule has 7 nitrogen and oxygen atoms in total. The summed E-state index contributed by atoms with van der Waals surface area (Å²) in [7, 11) is 1.21. The van der Waals surface area contributed by atoms with Gasteiger partial charge in [-0.05, 0) is 29.8 Å². The van der Waals surface area contributed by atoms with Crippen molar-refractivity contribution < 1.29 is 28.0 Å². The fraction of sp³-hybridized carbons (Fsp3) is 0.125. The molecule has 0 spiro atoms. The molecule has 1 aromatic heterocycles. The minimum absolute atomic E-state index is 0.194. The lowest BCUT2D eigenvalue weighted by atomic mass is 10.1. The summed E-state index contributed by atoms with van der Waals surface area (Å²) in [5.74, 6) is -1.67. The summed E-state index contributed by atoms with van der Waals surface area (Å²) in [6, 6.07) is 8.02. The molecule has 0 radical (unpaired) electrons. The molecule has 0 atom stereocenters. The van der Waals surface area contributed by atoms with E-state index in [1.165, 1.54) is 49.1 Å². The summed E-state index contributed by atoms with van der Waals surface area (Å²) in [6.45, 7) is 0. The van der Waals surface area contributed by atoms with E-state index in [-0.39, 0.29) is 5.56 Å². The zero-order valence-electron chi connectivity index (χ0n) is 13.4. The van der Waals surface area contributed by atoms with Gasteiger partial charge < -0.3 is 0 Å². The van der Waals surface area contributed by atoms with Crippen molar-refractivity contribution in [3.05, 3.63) is 65.0 Å². The van der Waals surface area contributed by atoms with Crippen molar-refractivity contribution in [3.8, 4) is 0 Å². The molecule has 1 aromatic carbocycles. The predicted octanol–water partition coefficient (Wildman–Crippen LogP) is 2.33. The lowest BCUT2D eigenvalue weighted by Gasteiger charge is -2.14. The second kappa shape index (κ2) is 7.74. The maximum Gasteiger partial charge on any atom is 0.434 e. The van der Waals surface area contributed by atoms with Crippen molar-refractivity contribution in [2.24, 2.45) is 5.10 Å². The molecule has 26 heavy (non-hydrogen) atoms. The first-order valence-corrected chi connectivity index (χ1v) is 7.13. The van der Waals surface area contributed by atoms with Gasteiger partial charge in [-0.2, -0.15) is 18.3 Å². The summed E-state index contributed by atoms with van der Waals surface area (Å²) in [6.07, 6.45) is -2.57. The number of pyridine rings is 1. The Morgan fingerprint density at radius 3 is 2.46 bits per heavy atom. The number of hydroxylamine groups is 1. The normalized spacial score (nSPS) is 11.4. The van der Waals surface area contributed by atoms with Crippen LogP contribution in [0.4, 0.5) is 13.2 Å². The maximum atomic E-state index is 12.9. The van der Waals surface area contributed by atoms with E-state index >= 15 is 0 Å². The topological polar surface area (TPSA) is 94.9 Å². The SMILES string of the molecule is CN(/N=C/c1ccc(C(=O)NO)cc1)C(=O)c1cccnc1C(F)(F)F. The number of benzene rings is 1. The summed E-state index contributed by atoms with van der Waals surface area (Å²) >= 11 is 0. The molecule has 136 valence electrons. The van der Waals surface area contributed by atoms with Gasteiger partial charge in [-0.25, -0.2) is 10.5 Å². The Kier molecular flexibility index (Phi) is 5.68. The van der Waals surface area contributed by atoms with Gasteiger partial charge in [0.05, 0.1) is 11.8 Å². The van der Waals surface area contributed by atoms with Crippen LogP contribution in [-0.4, -0.2) is 40.3 Å². The number of rotatable bonds is 4. The Bertz CT molecular complexity index is 835.